The highest BCUT2D eigenvalue weighted by Crippen LogP contribution is 2.38. The van der Waals surface area contributed by atoms with Gasteiger partial charge < -0.3 is 24.8 Å². The van der Waals surface area contributed by atoms with Gasteiger partial charge in [-0.1, -0.05) is 53.5 Å². The van der Waals surface area contributed by atoms with Crippen molar-refractivity contribution in [2.45, 2.75) is 56.7 Å². The number of nitrogens with zero attached hydrogens (tertiary/aromatic N) is 2. The molecule has 1 aliphatic heterocycles. The molecule has 3 aromatic carbocycles. The number of anilines is 1. The van der Waals surface area contributed by atoms with Crippen molar-refractivity contribution < 1.29 is 40.6 Å². The first-order valence-electron chi connectivity index (χ1n) is 17.0. The Morgan fingerprint density at radius 1 is 0.887 bits per heavy atom. The average Bonchev–Trinajstić information content (AvgIpc) is 3.09. The number of aromatic nitrogens is 1. The molecule has 2 N–H and O–H groups in total. The lowest BCUT2D eigenvalue weighted by atomic mass is 9.84. The van der Waals surface area contributed by atoms with Crippen LogP contribution in [0.2, 0.25) is 10.0 Å². The second-order valence-electron chi connectivity index (χ2n) is 13.5. The highest BCUT2D eigenvalue weighted by atomic mass is 35.5. The summed E-state index contributed by atoms with van der Waals surface area (Å²) < 4.78 is 81.0. The maximum Gasteiger partial charge on any atom is 0.511 e. The van der Waals surface area contributed by atoms with Gasteiger partial charge in [-0.15, -0.1) is 0 Å². The van der Waals surface area contributed by atoms with Crippen molar-refractivity contribution in [3.63, 3.8) is 0 Å². The van der Waals surface area contributed by atoms with E-state index in [1.54, 1.807) is 26.8 Å². The van der Waals surface area contributed by atoms with E-state index in [0.717, 1.165) is 22.1 Å². The summed E-state index contributed by atoms with van der Waals surface area (Å²) in [6.45, 7) is 5.57. The molecule has 4 aromatic rings. The fraction of sp³-hybridized carbons (Fsp3) is 0.405. The number of halogens is 5. The van der Waals surface area contributed by atoms with Crippen LogP contribution in [-0.4, -0.2) is 80.4 Å². The quantitative estimate of drug-likeness (QED) is 0.102. The maximum absolute atomic E-state index is 13.2. The molecule has 1 aromatic heterocycles. The summed E-state index contributed by atoms with van der Waals surface area (Å²) in [5.41, 5.74) is -1.85. The van der Waals surface area contributed by atoms with Gasteiger partial charge in [0.1, 0.15) is 12.2 Å². The molecule has 0 atom stereocenters. The van der Waals surface area contributed by atoms with Gasteiger partial charge in [-0.25, -0.2) is 18.2 Å². The van der Waals surface area contributed by atoms with Crippen LogP contribution in [-0.2, 0) is 19.5 Å². The van der Waals surface area contributed by atoms with Crippen LogP contribution in [0.3, 0.4) is 0 Å². The number of ether oxygens (including phenoxy) is 3. The molecule has 10 nitrogen and oxygen atoms in total. The molecule has 16 heteroatoms. The Morgan fingerprint density at radius 2 is 1.47 bits per heavy atom. The van der Waals surface area contributed by atoms with E-state index in [2.05, 4.69) is 10.6 Å². The molecule has 0 aliphatic carbocycles. The van der Waals surface area contributed by atoms with Crippen molar-refractivity contribution in [3.05, 3.63) is 99.5 Å². The summed E-state index contributed by atoms with van der Waals surface area (Å²) in [5, 5.41) is 7.99. The number of benzene rings is 3. The van der Waals surface area contributed by atoms with Gasteiger partial charge in [0.15, 0.2) is 0 Å². The topological polar surface area (TPSA) is 119 Å². The molecule has 0 unspecified atom stereocenters. The van der Waals surface area contributed by atoms with Crippen molar-refractivity contribution in [2.75, 3.05) is 44.8 Å². The first kappa shape index (κ1) is 40.4. The molecular formula is C37H41Cl2F3N4O6S. The summed E-state index contributed by atoms with van der Waals surface area (Å²) in [7, 11) is -5.42. The van der Waals surface area contributed by atoms with Crippen LogP contribution in [0, 0.1) is 0 Å². The number of carbonyl (C=O) groups is 1. The minimum absolute atomic E-state index is 0.144. The zero-order valence-corrected chi connectivity index (χ0v) is 31.7. The molecule has 0 saturated carbocycles. The summed E-state index contributed by atoms with van der Waals surface area (Å²) in [4.78, 5) is 16.6. The normalized spacial score (nSPS) is 14.7. The van der Waals surface area contributed by atoms with Gasteiger partial charge in [0, 0.05) is 58.8 Å². The minimum atomic E-state index is -5.42. The van der Waals surface area contributed by atoms with E-state index in [1.165, 1.54) is 0 Å². The van der Waals surface area contributed by atoms with Crippen LogP contribution < -0.4 is 15.4 Å². The van der Waals surface area contributed by atoms with Crippen LogP contribution in [0.4, 0.5) is 23.7 Å². The number of alkyl halides is 3. The second-order valence-corrected chi connectivity index (χ2v) is 16.3. The van der Waals surface area contributed by atoms with Gasteiger partial charge in [-0.05, 0) is 86.7 Å². The number of piperidine rings is 1. The van der Waals surface area contributed by atoms with Crippen molar-refractivity contribution in [3.8, 4) is 5.88 Å². The van der Waals surface area contributed by atoms with Gasteiger partial charge in [0.2, 0.25) is 5.88 Å². The molecule has 1 saturated heterocycles. The first-order valence-corrected chi connectivity index (χ1v) is 19.2. The highest BCUT2D eigenvalue weighted by molar-refractivity contribution is 7.90. The predicted molar refractivity (Wildman–Crippen MR) is 199 cm³/mol. The Labute approximate surface area is 317 Å². The maximum atomic E-state index is 13.2. The van der Waals surface area contributed by atoms with Gasteiger partial charge in [-0.3, -0.25) is 0 Å². The molecule has 2 heterocycles. The van der Waals surface area contributed by atoms with Crippen molar-refractivity contribution in [1.29, 1.82) is 0 Å². The lowest BCUT2D eigenvalue weighted by molar-refractivity contribution is -0.0494. The SMILES string of the molecule is CC(C)(C)OC(=O)NCCOCCOc1cc(NC2CCN(S(=O)(=O)C(F)(F)F)CC2)c2cc(C(c3ccc(Cl)cc3)c3ccc(Cl)cc3)ccc2n1. The zero-order chi connectivity index (χ0) is 38.4. The number of hydrogen-bond donors (Lipinski definition) is 2. The Hall–Kier alpha value is -3.82. The molecule has 286 valence electrons. The molecule has 0 radical (unpaired) electrons. The summed E-state index contributed by atoms with van der Waals surface area (Å²) in [5.74, 6) is 0.0720. The molecule has 0 spiro atoms. The zero-order valence-electron chi connectivity index (χ0n) is 29.4. The Morgan fingerprint density at radius 3 is 2.04 bits per heavy atom. The third-order valence-electron chi connectivity index (χ3n) is 8.39. The van der Waals surface area contributed by atoms with Crippen LogP contribution in [0.1, 0.15) is 56.2 Å². The van der Waals surface area contributed by atoms with Crippen LogP contribution >= 0.6 is 23.2 Å². The number of carbonyl (C=O) groups excluding carboxylic acids is 1. The van der Waals surface area contributed by atoms with Crippen LogP contribution in [0.5, 0.6) is 5.88 Å². The lowest BCUT2D eigenvalue weighted by Crippen LogP contribution is -2.47. The van der Waals surface area contributed by atoms with Gasteiger partial charge >= 0.3 is 21.6 Å². The van der Waals surface area contributed by atoms with Gasteiger partial charge in [0.05, 0.1) is 18.7 Å². The number of nitrogens with one attached hydrogen (secondary N) is 2. The Kier molecular flexibility index (Phi) is 13.0. The van der Waals surface area contributed by atoms with E-state index in [-0.39, 0.29) is 70.1 Å². The van der Waals surface area contributed by atoms with E-state index in [4.69, 9.17) is 42.4 Å². The fourth-order valence-corrected chi connectivity index (χ4v) is 7.17. The smallest absolute Gasteiger partial charge is 0.475 e. The number of sulfonamides is 1. The van der Waals surface area contributed by atoms with E-state index in [0.29, 0.717) is 25.6 Å². The number of fused-ring (bicyclic) bond motifs is 1. The summed E-state index contributed by atoms with van der Waals surface area (Å²) >= 11 is 12.4. The number of pyridine rings is 1. The Bertz CT molecular complexity index is 1920. The highest BCUT2D eigenvalue weighted by Gasteiger charge is 2.50. The molecule has 1 amide bonds. The molecule has 0 bridgehead atoms. The van der Waals surface area contributed by atoms with E-state index in [9.17, 15) is 26.4 Å². The van der Waals surface area contributed by atoms with Crippen molar-refractivity contribution in [2.24, 2.45) is 0 Å². The average molecular weight is 798 g/mol. The number of alkyl carbamates (subject to hydrolysis) is 1. The number of amides is 1. The van der Waals surface area contributed by atoms with E-state index in [1.807, 2.05) is 66.7 Å². The molecule has 53 heavy (non-hydrogen) atoms. The summed E-state index contributed by atoms with van der Waals surface area (Å²) in [6.07, 6.45) is -0.238. The standard InChI is InChI=1S/C37H41Cl2F3N4O6S/c1-36(2,3)52-35(47)43-16-19-50-20-21-51-33-23-32(44-29-14-17-46(18-15-29)53(48,49)37(40,41)42)30-22-26(8-13-31(30)45-33)34(24-4-9-27(38)10-5-24)25-6-11-28(39)12-7-25/h4-13,22-23,29,34H,14-21H2,1-3H3,(H,43,47)(H,44,45). The van der Waals surface area contributed by atoms with Gasteiger partial charge in [0.25, 0.3) is 0 Å². The van der Waals surface area contributed by atoms with Crippen LogP contribution in [0.25, 0.3) is 10.9 Å². The second kappa shape index (κ2) is 17.1. The molecule has 1 fully saturated rings. The third-order valence-corrected chi connectivity index (χ3v) is 10.5. The largest absolute Gasteiger partial charge is 0.511 e. The molecule has 5 rings (SSSR count). The third kappa shape index (κ3) is 10.9. The van der Waals surface area contributed by atoms with Crippen LogP contribution in [0.15, 0.2) is 72.8 Å². The predicted octanol–water partition coefficient (Wildman–Crippen LogP) is 8.37. The lowest BCUT2D eigenvalue weighted by Gasteiger charge is -2.32. The van der Waals surface area contributed by atoms with E-state index < -0.39 is 27.2 Å². The van der Waals surface area contributed by atoms with Crippen molar-refractivity contribution in [1.82, 2.24) is 14.6 Å². The van der Waals surface area contributed by atoms with Crippen molar-refractivity contribution >= 4 is 55.9 Å². The summed E-state index contributed by atoms with van der Waals surface area (Å²) in [6, 6.07) is 22.4. The number of hydrogen-bond acceptors (Lipinski definition) is 8. The number of rotatable bonds is 13. The minimum Gasteiger partial charge on any atom is -0.475 e. The van der Waals surface area contributed by atoms with Gasteiger partial charge in [-0.2, -0.15) is 17.5 Å². The van der Waals surface area contributed by atoms with E-state index >= 15 is 0 Å². The monoisotopic (exact) mass is 796 g/mol. The molecule has 1 aliphatic rings. The fourth-order valence-electron chi connectivity index (χ4n) is 5.93. The molecular weight excluding hydrogens is 756 g/mol. The Balaban J connectivity index is 1.38. The first-order chi connectivity index (χ1) is 25.0.